The zero-order chi connectivity index (χ0) is 19.2. The number of ether oxygens (including phenoxy) is 2. The average Bonchev–Trinajstić information content (AvgIpc) is 2.68. The lowest BCUT2D eigenvalue weighted by Gasteiger charge is -2.11. The maximum absolute atomic E-state index is 12.3. The lowest BCUT2D eigenvalue weighted by molar-refractivity contribution is 0.415. The number of aromatic amines is 1. The lowest BCUT2D eigenvalue weighted by Crippen LogP contribution is -2.31. The molecule has 2 aromatic carbocycles. The van der Waals surface area contributed by atoms with E-state index in [1.165, 1.54) is 0 Å². The van der Waals surface area contributed by atoms with Crippen molar-refractivity contribution in [3.63, 3.8) is 0 Å². The number of H-pyrrole nitrogens is 1. The van der Waals surface area contributed by atoms with E-state index >= 15 is 0 Å². The van der Waals surface area contributed by atoms with Crippen LogP contribution in [0.1, 0.15) is 5.56 Å². The van der Waals surface area contributed by atoms with E-state index in [0.717, 1.165) is 22.3 Å². The summed E-state index contributed by atoms with van der Waals surface area (Å²) in [6.07, 6.45) is 0.553. The molecule has 0 aliphatic heterocycles. The molecule has 0 saturated carbocycles. The zero-order valence-electron chi connectivity index (χ0n) is 15.2. The Hall–Kier alpha value is -3.06. The number of nitrogens with one attached hydrogen (secondary N) is 3. The predicted octanol–water partition coefficient (Wildman–Crippen LogP) is 3.07. The molecule has 0 fully saturated rings. The Morgan fingerprint density at radius 1 is 1.07 bits per heavy atom. The predicted molar refractivity (Wildman–Crippen MR) is 112 cm³/mol. The monoisotopic (exact) mass is 383 g/mol. The molecule has 140 valence electrons. The van der Waals surface area contributed by atoms with Gasteiger partial charge in [-0.25, -0.2) is 0 Å². The second kappa shape index (κ2) is 8.55. The molecular weight excluding hydrogens is 362 g/mol. The number of thiocarbonyl (C=S) groups is 1. The van der Waals surface area contributed by atoms with Crippen LogP contribution < -0.4 is 25.7 Å². The molecule has 3 aromatic rings. The standard InChI is InChI=1S/C20H21N3O3S/c1-25-16-5-3-4-15(11-16)22-20(27)21-9-8-14-10-13-6-7-17(26-2)12-18(13)23-19(14)24/h3-7,10-12H,8-9H2,1-2H3,(H,23,24)(H2,21,22,27). The molecular formula is C20H21N3O3S. The van der Waals surface area contributed by atoms with Crippen LogP contribution in [-0.4, -0.2) is 30.9 Å². The first-order chi connectivity index (χ1) is 13.1. The smallest absolute Gasteiger partial charge is 0.251 e. The molecule has 0 radical (unpaired) electrons. The third-order valence-corrected chi connectivity index (χ3v) is 4.38. The first kappa shape index (κ1) is 18.7. The fraction of sp³-hybridized carbons (Fsp3) is 0.200. The number of hydrogen-bond acceptors (Lipinski definition) is 4. The summed E-state index contributed by atoms with van der Waals surface area (Å²) in [5.74, 6) is 1.46. The molecule has 7 heteroatoms. The normalized spacial score (nSPS) is 10.4. The van der Waals surface area contributed by atoms with Crippen molar-refractivity contribution in [1.82, 2.24) is 10.3 Å². The van der Waals surface area contributed by atoms with Crippen LogP contribution in [-0.2, 0) is 6.42 Å². The van der Waals surface area contributed by atoms with E-state index in [9.17, 15) is 4.79 Å². The fourth-order valence-electron chi connectivity index (χ4n) is 2.72. The summed E-state index contributed by atoms with van der Waals surface area (Å²) >= 11 is 5.31. The third kappa shape index (κ3) is 4.77. The summed E-state index contributed by atoms with van der Waals surface area (Å²) in [6.45, 7) is 0.542. The van der Waals surface area contributed by atoms with E-state index in [0.29, 0.717) is 29.4 Å². The Bertz CT molecular complexity index is 1020. The summed E-state index contributed by atoms with van der Waals surface area (Å²) in [7, 11) is 3.22. The summed E-state index contributed by atoms with van der Waals surface area (Å²) in [6, 6.07) is 15.0. The average molecular weight is 383 g/mol. The van der Waals surface area contributed by atoms with E-state index in [2.05, 4.69) is 15.6 Å². The van der Waals surface area contributed by atoms with Gasteiger partial charge in [0.1, 0.15) is 11.5 Å². The highest BCUT2D eigenvalue weighted by atomic mass is 32.1. The number of pyridine rings is 1. The van der Waals surface area contributed by atoms with Gasteiger partial charge in [0.05, 0.1) is 19.7 Å². The van der Waals surface area contributed by atoms with Crippen molar-refractivity contribution in [2.45, 2.75) is 6.42 Å². The molecule has 0 saturated heterocycles. The van der Waals surface area contributed by atoms with Gasteiger partial charge in [0.15, 0.2) is 5.11 Å². The van der Waals surface area contributed by atoms with Gasteiger partial charge < -0.3 is 25.1 Å². The topological polar surface area (TPSA) is 75.4 Å². The van der Waals surface area contributed by atoms with Gasteiger partial charge in [-0.1, -0.05) is 6.07 Å². The molecule has 1 aromatic heterocycles. The van der Waals surface area contributed by atoms with Crippen molar-refractivity contribution in [2.75, 3.05) is 26.1 Å². The second-order valence-electron chi connectivity index (χ2n) is 5.94. The number of anilines is 1. The second-order valence-corrected chi connectivity index (χ2v) is 6.35. The minimum absolute atomic E-state index is 0.107. The van der Waals surface area contributed by atoms with Crippen molar-refractivity contribution in [3.05, 3.63) is 64.4 Å². The van der Waals surface area contributed by atoms with Crippen LogP contribution in [0.15, 0.2) is 53.3 Å². The van der Waals surface area contributed by atoms with Gasteiger partial charge in [0.25, 0.3) is 5.56 Å². The van der Waals surface area contributed by atoms with Crippen LogP contribution >= 0.6 is 12.2 Å². The van der Waals surface area contributed by atoms with Crippen molar-refractivity contribution in [1.29, 1.82) is 0 Å². The van der Waals surface area contributed by atoms with E-state index < -0.39 is 0 Å². The third-order valence-electron chi connectivity index (χ3n) is 4.14. The molecule has 0 spiro atoms. The largest absolute Gasteiger partial charge is 0.497 e. The Balaban J connectivity index is 1.60. The number of hydrogen-bond donors (Lipinski definition) is 3. The summed E-state index contributed by atoms with van der Waals surface area (Å²) < 4.78 is 10.4. The molecule has 0 atom stereocenters. The maximum atomic E-state index is 12.3. The minimum atomic E-state index is -0.107. The molecule has 0 bridgehead atoms. The molecule has 1 heterocycles. The minimum Gasteiger partial charge on any atom is -0.497 e. The Kier molecular flexibility index (Phi) is 5.93. The van der Waals surface area contributed by atoms with Crippen molar-refractivity contribution in [2.24, 2.45) is 0 Å². The molecule has 27 heavy (non-hydrogen) atoms. The van der Waals surface area contributed by atoms with E-state index in [-0.39, 0.29) is 5.56 Å². The summed E-state index contributed by atoms with van der Waals surface area (Å²) in [4.78, 5) is 15.2. The Morgan fingerprint density at radius 2 is 1.85 bits per heavy atom. The van der Waals surface area contributed by atoms with Gasteiger partial charge in [-0.15, -0.1) is 0 Å². The quantitative estimate of drug-likeness (QED) is 0.568. The van der Waals surface area contributed by atoms with Crippen LogP contribution in [0.4, 0.5) is 5.69 Å². The molecule has 0 aliphatic rings. The van der Waals surface area contributed by atoms with Gasteiger partial charge >= 0.3 is 0 Å². The van der Waals surface area contributed by atoms with Gasteiger partial charge in [0, 0.05) is 29.9 Å². The number of aromatic nitrogens is 1. The van der Waals surface area contributed by atoms with Gasteiger partial charge in [0.2, 0.25) is 0 Å². The molecule has 0 aliphatic carbocycles. The van der Waals surface area contributed by atoms with Crippen LogP contribution in [0.2, 0.25) is 0 Å². The van der Waals surface area contributed by atoms with Crippen molar-refractivity contribution in [3.8, 4) is 11.5 Å². The van der Waals surface area contributed by atoms with Crippen LogP contribution in [0.5, 0.6) is 11.5 Å². The van der Waals surface area contributed by atoms with E-state index in [1.54, 1.807) is 14.2 Å². The first-order valence-corrected chi connectivity index (χ1v) is 8.89. The molecule has 0 unspecified atom stereocenters. The highest BCUT2D eigenvalue weighted by molar-refractivity contribution is 7.80. The van der Waals surface area contributed by atoms with Crippen LogP contribution in [0.3, 0.4) is 0 Å². The van der Waals surface area contributed by atoms with Gasteiger partial charge in [-0.2, -0.15) is 0 Å². The summed E-state index contributed by atoms with van der Waals surface area (Å²) in [5, 5.41) is 7.67. The van der Waals surface area contributed by atoms with Crippen LogP contribution in [0, 0.1) is 0 Å². The molecule has 6 nitrogen and oxygen atoms in total. The zero-order valence-corrected chi connectivity index (χ0v) is 16.0. The van der Waals surface area contributed by atoms with E-state index in [4.69, 9.17) is 21.7 Å². The summed E-state index contributed by atoms with van der Waals surface area (Å²) in [5.41, 5.74) is 2.18. The molecule has 3 rings (SSSR count). The maximum Gasteiger partial charge on any atom is 0.251 e. The highest BCUT2D eigenvalue weighted by Gasteiger charge is 2.05. The van der Waals surface area contributed by atoms with Gasteiger partial charge in [-0.05, 0) is 54.4 Å². The number of fused-ring (bicyclic) bond motifs is 1. The van der Waals surface area contributed by atoms with Crippen molar-refractivity contribution < 1.29 is 9.47 Å². The number of rotatable bonds is 6. The van der Waals surface area contributed by atoms with Crippen molar-refractivity contribution >= 4 is 33.9 Å². The number of methoxy groups -OCH3 is 2. The Labute approximate surface area is 162 Å². The number of benzene rings is 2. The Morgan fingerprint density at radius 3 is 2.63 bits per heavy atom. The fourth-order valence-corrected chi connectivity index (χ4v) is 2.94. The molecule has 3 N–H and O–H groups in total. The molecule has 0 amide bonds. The van der Waals surface area contributed by atoms with Gasteiger partial charge in [-0.3, -0.25) is 4.79 Å². The lowest BCUT2D eigenvalue weighted by atomic mass is 10.1. The van der Waals surface area contributed by atoms with E-state index in [1.807, 2.05) is 48.5 Å². The first-order valence-electron chi connectivity index (χ1n) is 8.48. The SMILES string of the molecule is COc1cccc(NC(=S)NCCc2cc3ccc(OC)cc3[nH]c2=O)c1. The highest BCUT2D eigenvalue weighted by Crippen LogP contribution is 2.19. The van der Waals surface area contributed by atoms with Crippen LogP contribution in [0.25, 0.3) is 10.9 Å².